The monoisotopic (exact) mass is 440 g/mol. The van der Waals surface area contributed by atoms with Gasteiger partial charge in [-0.15, -0.1) is 11.8 Å². The molecular weight excluding hydrogens is 400 g/mol. The van der Waals surface area contributed by atoms with Crippen molar-refractivity contribution >= 4 is 11.8 Å². The van der Waals surface area contributed by atoms with Crippen molar-refractivity contribution in [1.82, 2.24) is 0 Å². The van der Waals surface area contributed by atoms with Gasteiger partial charge < -0.3 is 9.47 Å². The minimum atomic E-state index is -0.252. The van der Waals surface area contributed by atoms with Crippen molar-refractivity contribution in [3.8, 4) is 5.75 Å². The van der Waals surface area contributed by atoms with Gasteiger partial charge in [0.15, 0.2) is 6.29 Å². The normalized spacial score (nSPS) is 17.2. The largest absolute Gasteiger partial charge is 0.465 e. The molecular formula is C28H40O2S. The fraction of sp³-hybridized carbons (Fsp3) is 0.571. The van der Waals surface area contributed by atoms with Gasteiger partial charge in [-0.25, -0.2) is 0 Å². The van der Waals surface area contributed by atoms with E-state index >= 15 is 0 Å². The van der Waals surface area contributed by atoms with E-state index in [1.165, 1.54) is 35.3 Å². The van der Waals surface area contributed by atoms with Crippen LogP contribution in [0.4, 0.5) is 0 Å². The van der Waals surface area contributed by atoms with Crippen LogP contribution in [-0.4, -0.2) is 18.6 Å². The topological polar surface area (TPSA) is 18.5 Å². The SMILES string of the molecule is CCCc1ccc(SCCOC(C)Oc2ccc(C(C(C)(C)C)C3(C)CC3)cc2)cc1. The van der Waals surface area contributed by atoms with Gasteiger partial charge in [-0.3, -0.25) is 0 Å². The van der Waals surface area contributed by atoms with Crippen molar-refractivity contribution in [3.63, 3.8) is 0 Å². The highest BCUT2D eigenvalue weighted by Crippen LogP contribution is 2.61. The Kier molecular flexibility index (Phi) is 8.15. The summed E-state index contributed by atoms with van der Waals surface area (Å²) in [5.74, 6) is 2.38. The number of ether oxygens (including phenoxy) is 2. The summed E-state index contributed by atoms with van der Waals surface area (Å²) in [6.07, 6.45) is 4.76. The number of benzene rings is 2. The van der Waals surface area contributed by atoms with Gasteiger partial charge in [0.2, 0.25) is 0 Å². The highest BCUT2D eigenvalue weighted by atomic mass is 32.2. The van der Waals surface area contributed by atoms with Crippen molar-refractivity contribution in [1.29, 1.82) is 0 Å². The molecule has 0 radical (unpaired) electrons. The first kappa shape index (κ1) is 24.2. The van der Waals surface area contributed by atoms with E-state index < -0.39 is 0 Å². The number of hydrogen-bond acceptors (Lipinski definition) is 3. The average Bonchev–Trinajstić information content (AvgIpc) is 3.44. The first-order chi connectivity index (χ1) is 14.7. The van der Waals surface area contributed by atoms with Crippen LogP contribution in [-0.2, 0) is 11.2 Å². The molecule has 0 N–H and O–H groups in total. The maximum atomic E-state index is 6.00. The molecule has 31 heavy (non-hydrogen) atoms. The fourth-order valence-electron chi connectivity index (χ4n) is 4.81. The number of thioether (sulfide) groups is 1. The Labute approximate surface area is 194 Å². The van der Waals surface area contributed by atoms with Crippen LogP contribution >= 0.6 is 11.8 Å². The fourth-order valence-corrected chi connectivity index (χ4v) is 5.56. The van der Waals surface area contributed by atoms with Gasteiger partial charge in [-0.05, 0) is 78.3 Å². The van der Waals surface area contributed by atoms with Crippen molar-refractivity contribution in [3.05, 3.63) is 59.7 Å². The molecule has 2 atom stereocenters. The Balaban J connectivity index is 1.43. The van der Waals surface area contributed by atoms with Crippen LogP contribution in [0.25, 0.3) is 0 Å². The molecule has 2 nitrogen and oxygen atoms in total. The quantitative estimate of drug-likeness (QED) is 0.200. The smallest absolute Gasteiger partial charge is 0.197 e. The lowest BCUT2D eigenvalue weighted by atomic mass is 9.68. The Morgan fingerprint density at radius 3 is 2.19 bits per heavy atom. The average molecular weight is 441 g/mol. The van der Waals surface area contributed by atoms with E-state index in [-0.39, 0.29) is 11.7 Å². The van der Waals surface area contributed by atoms with Gasteiger partial charge in [0.25, 0.3) is 0 Å². The first-order valence-corrected chi connectivity index (χ1v) is 12.8. The van der Waals surface area contributed by atoms with Crippen molar-refractivity contribution in [2.24, 2.45) is 10.8 Å². The summed E-state index contributed by atoms with van der Waals surface area (Å²) < 4.78 is 11.9. The summed E-state index contributed by atoms with van der Waals surface area (Å²) in [4.78, 5) is 1.30. The van der Waals surface area contributed by atoms with E-state index in [1.807, 2.05) is 18.7 Å². The highest BCUT2D eigenvalue weighted by Gasteiger charge is 2.49. The summed E-state index contributed by atoms with van der Waals surface area (Å²) in [5.41, 5.74) is 3.55. The molecule has 0 heterocycles. The lowest BCUT2D eigenvalue weighted by molar-refractivity contribution is -0.0602. The van der Waals surface area contributed by atoms with Crippen LogP contribution in [0.5, 0.6) is 5.75 Å². The van der Waals surface area contributed by atoms with E-state index in [0.29, 0.717) is 17.9 Å². The zero-order chi connectivity index (χ0) is 22.5. The second-order valence-electron chi connectivity index (χ2n) is 10.3. The lowest BCUT2D eigenvalue weighted by Crippen LogP contribution is -2.25. The van der Waals surface area contributed by atoms with Gasteiger partial charge in [-0.1, -0.05) is 65.3 Å². The van der Waals surface area contributed by atoms with E-state index in [2.05, 4.69) is 83.1 Å². The third-order valence-electron chi connectivity index (χ3n) is 6.28. The molecule has 0 aliphatic heterocycles. The van der Waals surface area contributed by atoms with Gasteiger partial charge >= 0.3 is 0 Å². The molecule has 1 saturated carbocycles. The Morgan fingerprint density at radius 1 is 1.00 bits per heavy atom. The standard InChI is InChI=1S/C28H40O2S/c1-7-8-22-9-15-25(16-10-22)31-20-19-29-21(2)30-24-13-11-23(12-14-24)26(27(3,4)5)28(6)17-18-28/h9-16,21,26H,7-8,17-20H2,1-6H3. The summed E-state index contributed by atoms with van der Waals surface area (Å²) in [6, 6.07) is 17.6. The Hall–Kier alpha value is -1.45. The predicted molar refractivity (Wildman–Crippen MR) is 133 cm³/mol. The molecule has 2 aromatic rings. The molecule has 2 aromatic carbocycles. The van der Waals surface area contributed by atoms with E-state index in [0.717, 1.165) is 17.9 Å². The van der Waals surface area contributed by atoms with Crippen LogP contribution in [0.1, 0.15) is 77.8 Å². The van der Waals surface area contributed by atoms with Gasteiger partial charge in [0.05, 0.1) is 6.61 Å². The van der Waals surface area contributed by atoms with Crippen LogP contribution in [0.3, 0.4) is 0 Å². The number of aryl methyl sites for hydroxylation is 1. The molecule has 3 rings (SSSR count). The molecule has 0 amide bonds. The molecule has 1 fully saturated rings. The Bertz CT molecular complexity index is 795. The van der Waals surface area contributed by atoms with Crippen LogP contribution in [0.2, 0.25) is 0 Å². The van der Waals surface area contributed by atoms with Crippen molar-refractivity contribution in [2.45, 2.75) is 84.3 Å². The van der Waals surface area contributed by atoms with E-state index in [9.17, 15) is 0 Å². The lowest BCUT2D eigenvalue weighted by Gasteiger charge is -2.36. The van der Waals surface area contributed by atoms with Crippen molar-refractivity contribution in [2.75, 3.05) is 12.4 Å². The minimum absolute atomic E-state index is 0.252. The van der Waals surface area contributed by atoms with E-state index in [1.54, 1.807) is 0 Å². The second-order valence-corrected chi connectivity index (χ2v) is 11.5. The molecule has 0 bridgehead atoms. The third-order valence-corrected chi connectivity index (χ3v) is 7.26. The van der Waals surface area contributed by atoms with Crippen LogP contribution in [0, 0.1) is 10.8 Å². The molecule has 1 aliphatic rings. The van der Waals surface area contributed by atoms with Gasteiger partial charge in [0.1, 0.15) is 5.75 Å². The number of rotatable bonds is 11. The maximum Gasteiger partial charge on any atom is 0.197 e. The maximum absolute atomic E-state index is 6.00. The number of hydrogen-bond donors (Lipinski definition) is 0. The minimum Gasteiger partial charge on any atom is -0.465 e. The summed E-state index contributed by atoms with van der Waals surface area (Å²) in [7, 11) is 0. The van der Waals surface area contributed by atoms with E-state index in [4.69, 9.17) is 9.47 Å². The Morgan fingerprint density at radius 2 is 1.65 bits per heavy atom. The summed E-state index contributed by atoms with van der Waals surface area (Å²) in [5, 5.41) is 0. The molecule has 2 unspecified atom stereocenters. The highest BCUT2D eigenvalue weighted by molar-refractivity contribution is 7.99. The zero-order valence-electron chi connectivity index (χ0n) is 20.2. The first-order valence-electron chi connectivity index (χ1n) is 11.8. The summed E-state index contributed by atoms with van der Waals surface area (Å²) in [6.45, 7) is 14.4. The molecule has 0 spiro atoms. The molecule has 0 aromatic heterocycles. The van der Waals surface area contributed by atoms with Crippen LogP contribution < -0.4 is 4.74 Å². The van der Waals surface area contributed by atoms with Crippen molar-refractivity contribution < 1.29 is 9.47 Å². The molecule has 1 aliphatic carbocycles. The third kappa shape index (κ3) is 7.02. The zero-order valence-corrected chi connectivity index (χ0v) is 21.1. The molecule has 3 heteroatoms. The summed E-state index contributed by atoms with van der Waals surface area (Å²) >= 11 is 1.83. The van der Waals surface area contributed by atoms with Gasteiger partial charge in [-0.2, -0.15) is 0 Å². The van der Waals surface area contributed by atoms with Gasteiger partial charge in [0, 0.05) is 10.6 Å². The molecule has 0 saturated heterocycles. The predicted octanol–water partition coefficient (Wildman–Crippen LogP) is 8.10. The second kappa shape index (κ2) is 10.4. The molecule has 170 valence electrons. The van der Waals surface area contributed by atoms with Crippen LogP contribution in [0.15, 0.2) is 53.4 Å².